The van der Waals surface area contributed by atoms with Gasteiger partial charge < -0.3 is 4.42 Å². The number of nitrogens with one attached hydrogen (secondary N) is 1. The number of pyridine rings is 1. The van der Waals surface area contributed by atoms with E-state index in [4.69, 9.17) is 10.2 Å². The van der Waals surface area contributed by atoms with Crippen LogP contribution in [-0.2, 0) is 0 Å². The molecule has 2 aromatic heterocycles. The molecular weight excluding hydrogens is 288 g/mol. The average Bonchev–Trinajstić information content (AvgIpc) is 3.02. The van der Waals surface area contributed by atoms with Crippen LogP contribution in [-0.4, -0.2) is 0 Å². The highest BCUT2D eigenvalue weighted by Gasteiger charge is 2.32. The molecule has 0 spiro atoms. The SMILES string of the molecule is CC1=C(C#N)c2[nH+]c(N)c(C#N)c(C)c2C1=Cc1ccc(C)o1. The van der Waals surface area contributed by atoms with Crippen molar-refractivity contribution in [1.29, 1.82) is 10.5 Å². The zero-order valence-electron chi connectivity index (χ0n) is 13.1. The Morgan fingerprint density at radius 3 is 2.48 bits per heavy atom. The van der Waals surface area contributed by atoms with Crippen LogP contribution in [0.2, 0.25) is 0 Å². The predicted molar refractivity (Wildman–Crippen MR) is 86.4 cm³/mol. The van der Waals surface area contributed by atoms with Crippen molar-refractivity contribution in [2.75, 3.05) is 5.73 Å². The Kier molecular flexibility index (Phi) is 3.28. The number of hydrogen-bond acceptors (Lipinski definition) is 4. The number of rotatable bonds is 1. The average molecular weight is 303 g/mol. The molecule has 3 N–H and O–H groups in total. The lowest BCUT2D eigenvalue weighted by Crippen LogP contribution is -2.20. The number of nitrogens with two attached hydrogens (primary N) is 1. The van der Waals surface area contributed by atoms with Crippen molar-refractivity contribution in [3.8, 4) is 12.1 Å². The number of aromatic nitrogens is 1. The summed E-state index contributed by atoms with van der Waals surface area (Å²) >= 11 is 0. The summed E-state index contributed by atoms with van der Waals surface area (Å²) in [5.74, 6) is 1.80. The van der Waals surface area contributed by atoms with Gasteiger partial charge in [0, 0.05) is 5.56 Å². The summed E-state index contributed by atoms with van der Waals surface area (Å²) in [7, 11) is 0. The molecule has 0 bridgehead atoms. The van der Waals surface area contributed by atoms with E-state index >= 15 is 0 Å². The van der Waals surface area contributed by atoms with Crippen LogP contribution in [0.5, 0.6) is 0 Å². The second-order valence-electron chi connectivity index (χ2n) is 5.52. The van der Waals surface area contributed by atoms with Crippen molar-refractivity contribution < 1.29 is 9.40 Å². The van der Waals surface area contributed by atoms with Crippen LogP contribution in [0.25, 0.3) is 17.2 Å². The zero-order chi connectivity index (χ0) is 16.7. The third kappa shape index (κ3) is 2.11. The molecule has 1 aliphatic rings. The molecular formula is C18H15N4O+. The number of nitriles is 2. The topological polar surface area (TPSA) is 101 Å². The van der Waals surface area contributed by atoms with Gasteiger partial charge in [-0.05, 0) is 55.7 Å². The number of aromatic amines is 1. The Morgan fingerprint density at radius 2 is 1.91 bits per heavy atom. The normalized spacial score (nSPS) is 14.7. The van der Waals surface area contributed by atoms with E-state index in [-0.39, 0.29) is 5.82 Å². The fraction of sp³-hybridized carbons (Fsp3) is 0.167. The number of furan rings is 1. The number of hydrogen-bond donors (Lipinski definition) is 1. The maximum absolute atomic E-state index is 9.50. The summed E-state index contributed by atoms with van der Waals surface area (Å²) in [6, 6.07) is 8.10. The molecule has 0 radical (unpaired) electrons. The van der Waals surface area contributed by atoms with Gasteiger partial charge in [0.2, 0.25) is 0 Å². The summed E-state index contributed by atoms with van der Waals surface area (Å²) in [4.78, 5) is 3.00. The first-order valence-electron chi connectivity index (χ1n) is 7.13. The molecule has 0 fully saturated rings. The Bertz CT molecular complexity index is 978. The molecule has 0 saturated heterocycles. The van der Waals surface area contributed by atoms with Crippen molar-refractivity contribution in [3.05, 3.63) is 51.6 Å². The van der Waals surface area contributed by atoms with Crippen LogP contribution in [0.1, 0.15) is 40.8 Å². The minimum atomic E-state index is 0.277. The van der Waals surface area contributed by atoms with Gasteiger partial charge in [-0.15, -0.1) is 0 Å². The lowest BCUT2D eigenvalue weighted by Gasteiger charge is -2.07. The standard InChI is InChI=1S/C18H14N4O/c1-9-4-5-12(23-9)6-13-10(2)14(7-19)17-16(13)11(3)15(8-20)18(21)22-17/h4-6H,1-3H3,(H2,21,22)/p+1. The molecule has 3 rings (SSSR count). The molecule has 23 heavy (non-hydrogen) atoms. The summed E-state index contributed by atoms with van der Waals surface area (Å²) < 4.78 is 5.62. The Labute approximate surface area is 134 Å². The lowest BCUT2D eigenvalue weighted by molar-refractivity contribution is -0.364. The highest BCUT2D eigenvalue weighted by molar-refractivity contribution is 6.07. The van der Waals surface area contributed by atoms with E-state index in [0.717, 1.165) is 28.0 Å². The fourth-order valence-electron chi connectivity index (χ4n) is 2.95. The van der Waals surface area contributed by atoms with Gasteiger partial charge in [0.05, 0.1) is 0 Å². The number of nitrogen functional groups attached to an aromatic ring is 1. The third-order valence-electron chi connectivity index (χ3n) is 4.10. The summed E-state index contributed by atoms with van der Waals surface area (Å²) in [6.07, 6.45) is 1.89. The Hall–Kier alpha value is -3.31. The lowest BCUT2D eigenvalue weighted by atomic mass is 9.96. The number of anilines is 1. The van der Waals surface area contributed by atoms with Gasteiger partial charge >= 0.3 is 0 Å². The van der Waals surface area contributed by atoms with Gasteiger partial charge in [0.15, 0.2) is 5.69 Å². The fourth-order valence-corrected chi connectivity index (χ4v) is 2.95. The number of nitrogens with zero attached hydrogens (tertiary/aromatic N) is 2. The quantitative estimate of drug-likeness (QED) is 0.874. The summed E-state index contributed by atoms with van der Waals surface area (Å²) in [6.45, 7) is 5.60. The van der Waals surface area contributed by atoms with E-state index in [0.29, 0.717) is 22.6 Å². The molecule has 0 aliphatic heterocycles. The van der Waals surface area contributed by atoms with Gasteiger partial charge in [0.1, 0.15) is 34.8 Å². The van der Waals surface area contributed by atoms with Gasteiger partial charge in [-0.1, -0.05) is 0 Å². The van der Waals surface area contributed by atoms with E-state index in [1.807, 2.05) is 39.0 Å². The van der Waals surface area contributed by atoms with Crippen molar-refractivity contribution in [2.24, 2.45) is 0 Å². The molecule has 0 saturated carbocycles. The first kappa shape index (κ1) is 14.6. The van der Waals surface area contributed by atoms with Crippen LogP contribution < -0.4 is 10.7 Å². The summed E-state index contributed by atoms with van der Waals surface area (Å²) in [5, 5.41) is 18.8. The van der Waals surface area contributed by atoms with Crippen molar-refractivity contribution >= 4 is 23.0 Å². The van der Waals surface area contributed by atoms with Gasteiger partial charge in [0.25, 0.3) is 5.82 Å². The van der Waals surface area contributed by atoms with Crippen molar-refractivity contribution in [1.82, 2.24) is 0 Å². The minimum absolute atomic E-state index is 0.277. The first-order chi connectivity index (χ1) is 11.0. The smallest absolute Gasteiger partial charge is 0.289 e. The highest BCUT2D eigenvalue weighted by Crippen LogP contribution is 2.42. The van der Waals surface area contributed by atoms with Crippen LogP contribution >= 0.6 is 0 Å². The van der Waals surface area contributed by atoms with Gasteiger partial charge in [-0.25, -0.2) is 4.98 Å². The molecule has 2 heterocycles. The van der Waals surface area contributed by atoms with E-state index in [1.54, 1.807) is 0 Å². The van der Waals surface area contributed by atoms with Crippen molar-refractivity contribution in [2.45, 2.75) is 20.8 Å². The number of allylic oxidation sites excluding steroid dienone is 3. The molecule has 0 amide bonds. The van der Waals surface area contributed by atoms with Gasteiger partial charge in [-0.3, -0.25) is 5.73 Å². The highest BCUT2D eigenvalue weighted by atomic mass is 16.3. The Morgan fingerprint density at radius 1 is 1.17 bits per heavy atom. The largest absolute Gasteiger partial charge is 0.462 e. The number of H-pyrrole nitrogens is 1. The van der Waals surface area contributed by atoms with E-state index in [2.05, 4.69) is 17.1 Å². The maximum Gasteiger partial charge on any atom is 0.289 e. The van der Waals surface area contributed by atoms with Crippen LogP contribution in [0, 0.1) is 36.5 Å². The summed E-state index contributed by atoms with van der Waals surface area (Å²) in [5.41, 5.74) is 10.8. The number of aryl methyl sites for hydroxylation is 1. The van der Waals surface area contributed by atoms with Crippen LogP contribution in [0.4, 0.5) is 5.82 Å². The molecule has 0 unspecified atom stereocenters. The molecule has 0 aromatic carbocycles. The van der Waals surface area contributed by atoms with E-state index < -0.39 is 0 Å². The molecule has 112 valence electrons. The minimum Gasteiger partial charge on any atom is -0.462 e. The molecule has 5 nitrogen and oxygen atoms in total. The second-order valence-corrected chi connectivity index (χ2v) is 5.52. The first-order valence-corrected chi connectivity index (χ1v) is 7.13. The molecule has 1 aliphatic carbocycles. The Balaban J connectivity index is 2.34. The maximum atomic E-state index is 9.50. The molecule has 5 heteroatoms. The van der Waals surface area contributed by atoms with Gasteiger partial charge in [-0.2, -0.15) is 10.5 Å². The number of fused-ring (bicyclic) bond motifs is 1. The van der Waals surface area contributed by atoms with Crippen molar-refractivity contribution in [3.63, 3.8) is 0 Å². The van der Waals surface area contributed by atoms with Crippen LogP contribution in [0.3, 0.4) is 0 Å². The predicted octanol–water partition coefficient (Wildman–Crippen LogP) is 3.02. The van der Waals surface area contributed by atoms with E-state index in [1.165, 1.54) is 0 Å². The molecule has 0 atom stereocenters. The van der Waals surface area contributed by atoms with Crippen LogP contribution in [0.15, 0.2) is 22.1 Å². The monoisotopic (exact) mass is 303 g/mol. The zero-order valence-corrected chi connectivity index (χ0v) is 13.1. The molecule has 2 aromatic rings. The van der Waals surface area contributed by atoms with E-state index in [9.17, 15) is 10.5 Å². The second kappa shape index (κ2) is 5.15. The third-order valence-corrected chi connectivity index (χ3v) is 4.10.